The summed E-state index contributed by atoms with van der Waals surface area (Å²) in [5.41, 5.74) is 0.995. The number of nitrogens with one attached hydrogen (secondary N) is 2. The Labute approximate surface area is 127 Å². The average molecular weight is 303 g/mol. The van der Waals surface area contributed by atoms with Crippen molar-refractivity contribution >= 4 is 11.7 Å². The molecule has 0 spiro atoms. The summed E-state index contributed by atoms with van der Waals surface area (Å²) in [6.07, 6.45) is 4.73. The van der Waals surface area contributed by atoms with Gasteiger partial charge in [0.15, 0.2) is 5.82 Å². The topological polar surface area (TPSA) is 67.0 Å². The number of aromatic amines is 1. The van der Waals surface area contributed by atoms with Crippen molar-refractivity contribution in [3.63, 3.8) is 0 Å². The van der Waals surface area contributed by atoms with Crippen LogP contribution in [0.5, 0.6) is 5.75 Å². The zero-order valence-corrected chi connectivity index (χ0v) is 12.4. The minimum atomic E-state index is -0.622. The fourth-order valence-corrected chi connectivity index (χ4v) is 2.84. The van der Waals surface area contributed by atoms with Crippen LogP contribution in [0, 0.1) is 5.82 Å². The molecule has 0 aliphatic heterocycles. The van der Waals surface area contributed by atoms with Gasteiger partial charge in [-0.25, -0.2) is 4.39 Å². The molecule has 1 aromatic heterocycles. The van der Waals surface area contributed by atoms with Crippen LogP contribution in [0.1, 0.15) is 47.7 Å². The van der Waals surface area contributed by atoms with E-state index in [9.17, 15) is 9.18 Å². The van der Waals surface area contributed by atoms with Crippen LogP contribution in [0.3, 0.4) is 0 Å². The van der Waals surface area contributed by atoms with Crippen LogP contribution in [0.2, 0.25) is 0 Å². The van der Waals surface area contributed by atoms with Crippen LogP contribution in [0.15, 0.2) is 24.3 Å². The molecular formula is C16H18FN3O2. The predicted molar refractivity (Wildman–Crippen MR) is 80.7 cm³/mol. The summed E-state index contributed by atoms with van der Waals surface area (Å²) < 4.78 is 18.8. The van der Waals surface area contributed by atoms with Crippen LogP contribution in [0.4, 0.5) is 10.2 Å². The lowest BCUT2D eigenvalue weighted by molar-refractivity contribution is 0.102. The Morgan fingerprint density at radius 1 is 1.36 bits per heavy atom. The second-order valence-electron chi connectivity index (χ2n) is 5.49. The maximum absolute atomic E-state index is 13.9. The van der Waals surface area contributed by atoms with Crippen LogP contribution in [-0.4, -0.2) is 23.2 Å². The fraction of sp³-hybridized carbons (Fsp3) is 0.375. The van der Waals surface area contributed by atoms with E-state index >= 15 is 0 Å². The number of aromatic nitrogens is 2. The molecule has 6 heteroatoms. The molecule has 1 amide bonds. The molecule has 1 aliphatic carbocycles. The Morgan fingerprint density at radius 3 is 2.82 bits per heavy atom. The molecular weight excluding hydrogens is 285 g/mol. The molecule has 116 valence electrons. The lowest BCUT2D eigenvalue weighted by Gasteiger charge is -2.05. The lowest BCUT2D eigenvalue weighted by Crippen LogP contribution is -2.14. The third-order valence-electron chi connectivity index (χ3n) is 4.06. The SMILES string of the molecule is COc1ccc(C(=O)Nc2cc(C3CCCC3)[nH]n2)c(F)c1. The molecule has 2 N–H and O–H groups in total. The Bertz CT molecular complexity index is 678. The van der Waals surface area contributed by atoms with Gasteiger partial charge >= 0.3 is 0 Å². The number of carbonyl (C=O) groups is 1. The first-order chi connectivity index (χ1) is 10.7. The van der Waals surface area contributed by atoms with Gasteiger partial charge in [0.05, 0.1) is 12.7 Å². The van der Waals surface area contributed by atoms with E-state index in [1.54, 1.807) is 6.07 Å². The summed E-state index contributed by atoms with van der Waals surface area (Å²) in [6, 6.07) is 5.96. The third kappa shape index (κ3) is 2.95. The van der Waals surface area contributed by atoms with E-state index in [1.165, 1.54) is 32.1 Å². The minimum Gasteiger partial charge on any atom is -0.497 e. The highest BCUT2D eigenvalue weighted by Gasteiger charge is 2.20. The Kier molecular flexibility index (Phi) is 4.09. The van der Waals surface area contributed by atoms with Crippen LogP contribution in [0.25, 0.3) is 0 Å². The van der Waals surface area contributed by atoms with E-state index in [2.05, 4.69) is 15.5 Å². The van der Waals surface area contributed by atoms with Gasteiger partial charge in [0.2, 0.25) is 0 Å². The second-order valence-corrected chi connectivity index (χ2v) is 5.49. The number of halogens is 1. The second kappa shape index (κ2) is 6.17. The van der Waals surface area contributed by atoms with E-state index in [-0.39, 0.29) is 5.56 Å². The number of benzene rings is 1. The number of carbonyl (C=O) groups excluding carboxylic acids is 1. The van der Waals surface area contributed by atoms with E-state index in [1.807, 2.05) is 6.07 Å². The number of H-pyrrole nitrogens is 1. The van der Waals surface area contributed by atoms with Crippen LogP contribution >= 0.6 is 0 Å². The van der Waals surface area contributed by atoms with Crippen molar-refractivity contribution in [1.29, 1.82) is 0 Å². The Hall–Kier alpha value is -2.37. The fourth-order valence-electron chi connectivity index (χ4n) is 2.84. The number of nitrogens with zero attached hydrogens (tertiary/aromatic N) is 1. The van der Waals surface area contributed by atoms with Crippen molar-refractivity contribution in [2.75, 3.05) is 12.4 Å². The van der Waals surface area contributed by atoms with Gasteiger partial charge in [-0.2, -0.15) is 5.10 Å². The number of anilines is 1. The smallest absolute Gasteiger partial charge is 0.259 e. The van der Waals surface area contributed by atoms with E-state index in [0.717, 1.165) is 18.5 Å². The molecule has 0 unspecified atom stereocenters. The molecule has 1 fully saturated rings. The molecule has 22 heavy (non-hydrogen) atoms. The molecule has 5 nitrogen and oxygen atoms in total. The van der Waals surface area contributed by atoms with Crippen molar-refractivity contribution in [1.82, 2.24) is 10.2 Å². The summed E-state index contributed by atoms with van der Waals surface area (Å²) in [4.78, 5) is 12.1. The maximum atomic E-state index is 13.9. The number of methoxy groups -OCH3 is 1. The van der Waals surface area contributed by atoms with Gasteiger partial charge in [-0.05, 0) is 25.0 Å². The molecule has 0 saturated heterocycles. The van der Waals surface area contributed by atoms with Gasteiger partial charge in [-0.1, -0.05) is 12.8 Å². The first-order valence-electron chi connectivity index (χ1n) is 7.37. The van der Waals surface area contributed by atoms with Crippen molar-refractivity contribution in [2.24, 2.45) is 0 Å². The first kappa shape index (κ1) is 14.6. The summed E-state index contributed by atoms with van der Waals surface area (Å²) in [7, 11) is 1.45. The van der Waals surface area contributed by atoms with E-state index in [0.29, 0.717) is 17.5 Å². The molecule has 0 radical (unpaired) electrons. The average Bonchev–Trinajstić information content (AvgIpc) is 3.17. The molecule has 2 aromatic rings. The van der Waals surface area contributed by atoms with Gasteiger partial charge in [0.25, 0.3) is 5.91 Å². The number of amides is 1. The third-order valence-corrected chi connectivity index (χ3v) is 4.06. The summed E-state index contributed by atoms with van der Waals surface area (Å²) in [6.45, 7) is 0. The van der Waals surface area contributed by atoms with Crippen LogP contribution < -0.4 is 10.1 Å². The van der Waals surface area contributed by atoms with Gasteiger partial charge in [0, 0.05) is 23.7 Å². The largest absolute Gasteiger partial charge is 0.497 e. The standard InChI is InChI=1S/C16H18FN3O2/c1-22-11-6-7-12(13(17)8-11)16(21)18-15-9-14(19-20-15)10-4-2-3-5-10/h6-10H,2-5H2,1H3,(H2,18,19,20,21). The Balaban J connectivity index is 1.71. The normalized spacial score (nSPS) is 15.0. The molecule has 1 heterocycles. The van der Waals surface area contributed by atoms with Crippen molar-refractivity contribution in [3.8, 4) is 5.75 Å². The number of rotatable bonds is 4. The van der Waals surface area contributed by atoms with E-state index < -0.39 is 11.7 Å². The lowest BCUT2D eigenvalue weighted by atomic mass is 10.0. The summed E-state index contributed by atoms with van der Waals surface area (Å²) in [5, 5.41) is 9.66. The molecule has 0 bridgehead atoms. The molecule has 3 rings (SSSR count). The predicted octanol–water partition coefficient (Wildman–Crippen LogP) is 3.47. The number of ether oxygens (including phenoxy) is 1. The van der Waals surface area contributed by atoms with Crippen LogP contribution in [-0.2, 0) is 0 Å². The summed E-state index contributed by atoms with van der Waals surface area (Å²) >= 11 is 0. The summed E-state index contributed by atoms with van der Waals surface area (Å²) in [5.74, 6) is 0.128. The van der Waals surface area contributed by atoms with Crippen molar-refractivity contribution in [2.45, 2.75) is 31.6 Å². The molecule has 1 aromatic carbocycles. The van der Waals surface area contributed by atoms with Crippen molar-refractivity contribution < 1.29 is 13.9 Å². The maximum Gasteiger partial charge on any atom is 0.259 e. The van der Waals surface area contributed by atoms with Gasteiger partial charge < -0.3 is 10.1 Å². The highest BCUT2D eigenvalue weighted by molar-refractivity contribution is 6.04. The zero-order chi connectivity index (χ0) is 15.5. The number of hydrogen-bond donors (Lipinski definition) is 2. The van der Waals surface area contributed by atoms with E-state index in [4.69, 9.17) is 4.74 Å². The van der Waals surface area contributed by atoms with Gasteiger partial charge in [0.1, 0.15) is 11.6 Å². The van der Waals surface area contributed by atoms with Gasteiger partial charge in [-0.3, -0.25) is 9.89 Å². The van der Waals surface area contributed by atoms with Crippen molar-refractivity contribution in [3.05, 3.63) is 41.3 Å². The number of hydrogen-bond acceptors (Lipinski definition) is 3. The quantitative estimate of drug-likeness (QED) is 0.909. The first-order valence-corrected chi connectivity index (χ1v) is 7.37. The van der Waals surface area contributed by atoms with Gasteiger partial charge in [-0.15, -0.1) is 0 Å². The monoisotopic (exact) mass is 303 g/mol. The minimum absolute atomic E-state index is 0.0359. The molecule has 1 aliphatic rings. The Morgan fingerprint density at radius 2 is 2.14 bits per heavy atom. The molecule has 1 saturated carbocycles. The highest BCUT2D eigenvalue weighted by atomic mass is 19.1. The molecule has 0 atom stereocenters. The zero-order valence-electron chi connectivity index (χ0n) is 12.4. The highest BCUT2D eigenvalue weighted by Crippen LogP contribution is 2.33.